The third kappa shape index (κ3) is 5.34. The molecule has 0 saturated carbocycles. The van der Waals surface area contributed by atoms with Crippen molar-refractivity contribution in [3.05, 3.63) is 29.8 Å². The van der Waals surface area contributed by atoms with E-state index in [-0.39, 0.29) is 5.91 Å². The molecule has 0 aliphatic heterocycles. The van der Waals surface area contributed by atoms with Gasteiger partial charge in [-0.05, 0) is 50.2 Å². The van der Waals surface area contributed by atoms with Gasteiger partial charge in [0.2, 0.25) is 0 Å². The van der Waals surface area contributed by atoms with Crippen LogP contribution in [0.4, 0.5) is 0 Å². The average molecular weight is 306 g/mol. The second-order valence-electron chi connectivity index (χ2n) is 5.70. The van der Waals surface area contributed by atoms with Crippen LogP contribution >= 0.6 is 0 Å². The fraction of sp³-hybridized carbons (Fsp3) is 0.611. The van der Waals surface area contributed by atoms with E-state index in [2.05, 4.69) is 37.9 Å². The zero-order valence-electron chi connectivity index (χ0n) is 14.6. The van der Waals surface area contributed by atoms with Gasteiger partial charge in [-0.15, -0.1) is 0 Å². The molecule has 22 heavy (non-hydrogen) atoms. The van der Waals surface area contributed by atoms with E-state index in [0.29, 0.717) is 30.7 Å². The first kappa shape index (κ1) is 18.5. The number of amides is 1. The number of ether oxygens (including phenoxy) is 1. The largest absolute Gasteiger partial charge is 0.494 e. The Morgan fingerprint density at radius 1 is 1.14 bits per heavy atom. The highest BCUT2D eigenvalue weighted by atomic mass is 16.5. The predicted molar refractivity (Wildman–Crippen MR) is 91.5 cm³/mol. The Morgan fingerprint density at radius 3 is 2.18 bits per heavy atom. The van der Waals surface area contributed by atoms with Crippen LogP contribution in [0.25, 0.3) is 0 Å². The monoisotopic (exact) mass is 306 g/mol. The summed E-state index contributed by atoms with van der Waals surface area (Å²) in [5, 5.41) is 3.06. The Kier molecular flexibility index (Phi) is 7.96. The summed E-state index contributed by atoms with van der Waals surface area (Å²) < 4.78 is 5.39. The Labute approximate surface area is 134 Å². The van der Waals surface area contributed by atoms with Crippen LogP contribution in [0.15, 0.2) is 24.3 Å². The van der Waals surface area contributed by atoms with Gasteiger partial charge in [-0.2, -0.15) is 0 Å². The number of nitrogens with one attached hydrogen (secondary N) is 1. The van der Waals surface area contributed by atoms with Crippen molar-refractivity contribution in [2.45, 2.75) is 40.7 Å². The minimum absolute atomic E-state index is 0.0270. The molecule has 4 nitrogen and oxygen atoms in total. The van der Waals surface area contributed by atoms with E-state index >= 15 is 0 Å². The number of hydrogen-bond acceptors (Lipinski definition) is 3. The topological polar surface area (TPSA) is 41.6 Å². The van der Waals surface area contributed by atoms with Crippen LogP contribution in [0.5, 0.6) is 5.75 Å². The van der Waals surface area contributed by atoms with Crippen LogP contribution in [-0.2, 0) is 0 Å². The maximum Gasteiger partial charge on any atom is 0.251 e. The summed E-state index contributed by atoms with van der Waals surface area (Å²) in [6.07, 6.45) is 0. The Balaban J connectivity index is 2.63. The molecule has 124 valence electrons. The highest BCUT2D eigenvalue weighted by molar-refractivity contribution is 5.94. The quantitative estimate of drug-likeness (QED) is 0.762. The van der Waals surface area contributed by atoms with Gasteiger partial charge in [-0.25, -0.2) is 0 Å². The van der Waals surface area contributed by atoms with Gasteiger partial charge in [0, 0.05) is 18.2 Å². The third-order valence-corrected chi connectivity index (χ3v) is 3.95. The molecule has 0 aliphatic carbocycles. The maximum atomic E-state index is 12.3. The van der Waals surface area contributed by atoms with Crippen molar-refractivity contribution in [2.24, 2.45) is 5.92 Å². The van der Waals surface area contributed by atoms with Crippen molar-refractivity contribution in [2.75, 3.05) is 26.2 Å². The summed E-state index contributed by atoms with van der Waals surface area (Å²) in [5.41, 5.74) is 0.672. The molecule has 0 saturated heterocycles. The third-order valence-electron chi connectivity index (χ3n) is 3.95. The Morgan fingerprint density at radius 2 is 1.73 bits per heavy atom. The van der Waals surface area contributed by atoms with Crippen molar-refractivity contribution < 1.29 is 9.53 Å². The lowest BCUT2D eigenvalue weighted by atomic mass is 10.0. The fourth-order valence-corrected chi connectivity index (χ4v) is 2.65. The molecule has 0 bridgehead atoms. The van der Waals surface area contributed by atoms with E-state index in [0.717, 1.165) is 18.8 Å². The van der Waals surface area contributed by atoms with E-state index in [1.54, 1.807) is 0 Å². The second-order valence-corrected chi connectivity index (χ2v) is 5.70. The van der Waals surface area contributed by atoms with Crippen LogP contribution in [-0.4, -0.2) is 43.1 Å². The molecule has 1 rings (SSSR count). The normalized spacial score (nSPS) is 12.5. The zero-order valence-corrected chi connectivity index (χ0v) is 14.6. The molecule has 0 radical (unpaired) electrons. The molecule has 1 aromatic carbocycles. The first-order chi connectivity index (χ1) is 10.5. The number of benzene rings is 1. The number of likely N-dealkylation sites (N-methyl/N-ethyl adjacent to an activating group) is 1. The molecule has 0 unspecified atom stereocenters. The van der Waals surface area contributed by atoms with Crippen LogP contribution in [0, 0.1) is 5.92 Å². The molecular formula is C18H30N2O2. The molecule has 4 heteroatoms. The second kappa shape index (κ2) is 9.46. The van der Waals surface area contributed by atoms with Gasteiger partial charge < -0.3 is 10.1 Å². The van der Waals surface area contributed by atoms with Crippen LogP contribution in [0.1, 0.15) is 45.0 Å². The first-order valence-electron chi connectivity index (χ1n) is 8.28. The molecule has 0 aromatic heterocycles. The van der Waals surface area contributed by atoms with E-state index in [9.17, 15) is 4.79 Å². The Bertz CT molecular complexity index is 439. The first-order valence-corrected chi connectivity index (χ1v) is 8.28. The van der Waals surface area contributed by atoms with E-state index in [1.807, 2.05) is 31.2 Å². The van der Waals surface area contributed by atoms with E-state index in [1.165, 1.54) is 0 Å². The van der Waals surface area contributed by atoms with Gasteiger partial charge in [-0.1, -0.05) is 27.7 Å². The highest BCUT2D eigenvalue weighted by Gasteiger charge is 2.20. The molecule has 0 heterocycles. The van der Waals surface area contributed by atoms with Gasteiger partial charge in [-0.3, -0.25) is 9.69 Å². The predicted octanol–water partition coefficient (Wildman–Crippen LogP) is 3.18. The lowest BCUT2D eigenvalue weighted by Gasteiger charge is -2.32. The van der Waals surface area contributed by atoms with E-state index in [4.69, 9.17) is 4.74 Å². The number of nitrogens with zero attached hydrogens (tertiary/aromatic N) is 1. The fourth-order valence-electron chi connectivity index (χ4n) is 2.65. The van der Waals surface area contributed by atoms with E-state index < -0.39 is 0 Å². The van der Waals surface area contributed by atoms with Crippen molar-refractivity contribution >= 4 is 5.91 Å². The Hall–Kier alpha value is -1.55. The summed E-state index contributed by atoms with van der Waals surface area (Å²) in [5.74, 6) is 1.27. The van der Waals surface area contributed by atoms with Gasteiger partial charge in [0.1, 0.15) is 5.75 Å². The lowest BCUT2D eigenvalue weighted by Crippen LogP contribution is -2.46. The molecule has 1 N–H and O–H groups in total. The number of carbonyl (C=O) groups excluding carboxylic acids is 1. The highest BCUT2D eigenvalue weighted by Crippen LogP contribution is 2.13. The SMILES string of the molecule is CCOc1ccc(C(=O)NC[C@H](C(C)C)N(CC)CC)cc1. The smallest absolute Gasteiger partial charge is 0.251 e. The summed E-state index contributed by atoms with van der Waals surface area (Å²) in [6.45, 7) is 14.0. The maximum absolute atomic E-state index is 12.3. The van der Waals surface area contributed by atoms with Crippen molar-refractivity contribution in [3.8, 4) is 5.75 Å². The van der Waals surface area contributed by atoms with Crippen LogP contribution in [0.3, 0.4) is 0 Å². The molecule has 0 spiro atoms. The standard InChI is InChI=1S/C18H30N2O2/c1-6-20(7-2)17(14(4)5)13-19-18(21)15-9-11-16(12-10-15)22-8-3/h9-12,14,17H,6-8,13H2,1-5H3,(H,19,21)/t17-/m1/s1. The molecular weight excluding hydrogens is 276 g/mol. The van der Waals surface area contributed by atoms with Crippen molar-refractivity contribution in [1.29, 1.82) is 0 Å². The number of carbonyl (C=O) groups is 1. The lowest BCUT2D eigenvalue weighted by molar-refractivity contribution is 0.0921. The van der Waals surface area contributed by atoms with Gasteiger partial charge in [0.25, 0.3) is 5.91 Å². The number of rotatable bonds is 9. The van der Waals surface area contributed by atoms with Crippen LogP contribution < -0.4 is 10.1 Å². The van der Waals surface area contributed by atoms with Gasteiger partial charge in [0.05, 0.1) is 6.61 Å². The number of hydrogen-bond donors (Lipinski definition) is 1. The van der Waals surface area contributed by atoms with Crippen molar-refractivity contribution in [3.63, 3.8) is 0 Å². The molecule has 0 fully saturated rings. The molecule has 1 aromatic rings. The summed E-state index contributed by atoms with van der Waals surface area (Å²) in [7, 11) is 0. The van der Waals surface area contributed by atoms with Gasteiger partial charge in [0.15, 0.2) is 0 Å². The van der Waals surface area contributed by atoms with Crippen molar-refractivity contribution in [1.82, 2.24) is 10.2 Å². The minimum atomic E-state index is -0.0270. The van der Waals surface area contributed by atoms with Crippen LogP contribution in [0.2, 0.25) is 0 Å². The molecule has 1 atom stereocenters. The minimum Gasteiger partial charge on any atom is -0.494 e. The zero-order chi connectivity index (χ0) is 16.5. The molecule has 0 aliphatic rings. The summed E-state index contributed by atoms with van der Waals surface area (Å²) >= 11 is 0. The average Bonchev–Trinajstić information content (AvgIpc) is 2.51. The molecule has 1 amide bonds. The summed E-state index contributed by atoms with van der Waals surface area (Å²) in [4.78, 5) is 14.7. The van der Waals surface area contributed by atoms with Gasteiger partial charge >= 0.3 is 0 Å². The summed E-state index contributed by atoms with van der Waals surface area (Å²) in [6, 6.07) is 7.65.